The Morgan fingerprint density at radius 1 is 1.27 bits per heavy atom. The second-order valence-electron chi connectivity index (χ2n) is 4.30. The van der Waals surface area contributed by atoms with Crippen LogP contribution >= 0.6 is 9.16 Å². The van der Waals surface area contributed by atoms with E-state index in [-0.39, 0.29) is 6.15 Å². The van der Waals surface area contributed by atoms with Gasteiger partial charge in [-0.05, 0) is 30.9 Å². The predicted molar refractivity (Wildman–Crippen MR) is 57.2 cm³/mol. The molecule has 3 N–H and O–H groups in total. The lowest BCUT2D eigenvalue weighted by Gasteiger charge is -2.43. The number of thiocyanates is 1. The summed E-state index contributed by atoms with van der Waals surface area (Å²) >= 11 is 0. The van der Waals surface area contributed by atoms with Gasteiger partial charge in [-0.25, -0.2) is 9.16 Å². The molecule has 0 rings (SSSR count). The van der Waals surface area contributed by atoms with Crippen LogP contribution in [0.4, 0.5) is 0 Å². The summed E-state index contributed by atoms with van der Waals surface area (Å²) in [7, 11) is -1.85. The van der Waals surface area contributed by atoms with Crippen molar-refractivity contribution in [2.24, 2.45) is 0 Å². The zero-order valence-electron chi connectivity index (χ0n) is 8.22. The molecule has 0 spiro atoms. The highest BCUT2D eigenvalue weighted by molar-refractivity contribution is 8.51. The van der Waals surface area contributed by atoms with E-state index in [2.05, 4.69) is 31.1 Å². The van der Waals surface area contributed by atoms with Gasteiger partial charge in [-0.3, -0.25) is 0 Å². The summed E-state index contributed by atoms with van der Waals surface area (Å²) in [5, 5.41) is 11.4. The Kier molecular flexibility index (Phi) is 4.85. The molecule has 0 atom stereocenters. The Bertz CT molecular complexity index is 150. The van der Waals surface area contributed by atoms with Gasteiger partial charge < -0.3 is 6.15 Å². The van der Waals surface area contributed by atoms with Gasteiger partial charge in [0.05, 0.1) is 5.40 Å². The summed E-state index contributed by atoms with van der Waals surface area (Å²) < 4.78 is 0. The fourth-order valence-corrected chi connectivity index (χ4v) is 2.28. The summed E-state index contributed by atoms with van der Waals surface area (Å²) in [6, 6.07) is 0. The molecule has 0 heterocycles. The predicted octanol–water partition coefficient (Wildman–Crippen LogP) is 2.39. The molecule has 3 heteroatoms. The van der Waals surface area contributed by atoms with Crippen molar-refractivity contribution in [2.45, 2.75) is 19.8 Å². The summed E-state index contributed by atoms with van der Waals surface area (Å²) in [4.78, 5) is 0. The summed E-state index contributed by atoms with van der Waals surface area (Å²) in [5.74, 6) is 1.12. The number of unbranched alkanes of at least 4 members (excludes halogenated alkanes) is 1. The third kappa shape index (κ3) is 6.21. The molecule has 0 aromatic carbocycles. The molecule has 0 aliphatic heterocycles. The minimum absolute atomic E-state index is 0. The van der Waals surface area contributed by atoms with E-state index in [1.807, 2.05) is 0 Å². The largest absolute Gasteiger partial charge is 0.344 e. The van der Waals surface area contributed by atoms with E-state index in [0.29, 0.717) is 0 Å². The second-order valence-corrected chi connectivity index (χ2v) is 11.2. The lowest BCUT2D eigenvalue weighted by molar-refractivity contribution is 0.891. The first-order valence-corrected chi connectivity index (χ1v) is 7.58. The van der Waals surface area contributed by atoms with Gasteiger partial charge in [0.1, 0.15) is 0 Å². The van der Waals surface area contributed by atoms with Gasteiger partial charge in [-0.1, -0.05) is 13.3 Å². The molecule has 0 unspecified atom stereocenters. The van der Waals surface area contributed by atoms with Gasteiger partial charge in [0.2, 0.25) is 0 Å². The lowest BCUT2D eigenvalue weighted by Crippen LogP contribution is -2.14. The summed E-state index contributed by atoms with van der Waals surface area (Å²) in [6.45, 7) is 2.17. The Morgan fingerprint density at radius 2 is 1.73 bits per heavy atom. The van der Waals surface area contributed by atoms with Crippen LogP contribution in [-0.2, 0) is 0 Å². The SMILES string of the molecule is CCCC[SH](C)(C)(C)C#N.N. The van der Waals surface area contributed by atoms with Crippen molar-refractivity contribution in [3.05, 3.63) is 0 Å². The van der Waals surface area contributed by atoms with E-state index >= 15 is 0 Å². The van der Waals surface area contributed by atoms with Crippen LogP contribution in [0.15, 0.2) is 0 Å². The quantitative estimate of drug-likeness (QED) is 0.515. The van der Waals surface area contributed by atoms with E-state index in [0.717, 1.165) is 5.75 Å². The van der Waals surface area contributed by atoms with Gasteiger partial charge in [0, 0.05) is 0 Å². The first-order chi connectivity index (χ1) is 4.39. The van der Waals surface area contributed by atoms with Crippen molar-refractivity contribution >= 4 is 9.16 Å². The minimum Gasteiger partial charge on any atom is -0.344 e. The molecule has 0 amide bonds. The van der Waals surface area contributed by atoms with Crippen LogP contribution in [0.1, 0.15) is 19.8 Å². The van der Waals surface area contributed by atoms with Crippen molar-refractivity contribution in [1.82, 2.24) is 6.15 Å². The molecule has 0 aliphatic carbocycles. The number of nitriles is 1. The van der Waals surface area contributed by atoms with E-state index in [4.69, 9.17) is 5.26 Å². The monoisotopic (exact) mass is 178 g/mol. The molecule has 0 saturated carbocycles. The van der Waals surface area contributed by atoms with Crippen LogP contribution < -0.4 is 6.15 Å². The van der Waals surface area contributed by atoms with E-state index in [1.165, 1.54) is 12.8 Å². The maximum atomic E-state index is 8.89. The number of rotatable bonds is 3. The minimum atomic E-state index is -1.85. The Balaban J connectivity index is 0. The molecule has 0 bridgehead atoms. The van der Waals surface area contributed by atoms with Crippen molar-refractivity contribution in [2.75, 3.05) is 24.5 Å². The van der Waals surface area contributed by atoms with Crippen LogP contribution in [0.3, 0.4) is 0 Å². The highest BCUT2D eigenvalue weighted by Gasteiger charge is 2.22. The normalized spacial score (nSPS) is 13.9. The molecule has 11 heavy (non-hydrogen) atoms. The maximum Gasteiger partial charge on any atom is 0.0955 e. The highest BCUT2D eigenvalue weighted by Crippen LogP contribution is 2.58. The van der Waals surface area contributed by atoms with Crippen LogP contribution in [0.2, 0.25) is 0 Å². The molecular formula is C8H22N2S. The zero-order valence-corrected chi connectivity index (χ0v) is 9.12. The molecule has 0 aliphatic rings. The van der Waals surface area contributed by atoms with Crippen LogP contribution in [-0.4, -0.2) is 24.5 Å². The van der Waals surface area contributed by atoms with Crippen molar-refractivity contribution in [3.63, 3.8) is 0 Å². The molecule has 70 valence electrons. The van der Waals surface area contributed by atoms with Crippen LogP contribution in [0.25, 0.3) is 0 Å². The van der Waals surface area contributed by atoms with E-state index < -0.39 is 9.16 Å². The van der Waals surface area contributed by atoms with Gasteiger partial charge in [-0.2, -0.15) is 5.26 Å². The average molecular weight is 178 g/mol. The third-order valence-corrected chi connectivity index (χ3v) is 4.29. The number of thiol groups is 1. The van der Waals surface area contributed by atoms with Crippen molar-refractivity contribution in [3.8, 4) is 5.40 Å². The Labute approximate surface area is 70.8 Å². The van der Waals surface area contributed by atoms with E-state index in [1.54, 1.807) is 0 Å². The van der Waals surface area contributed by atoms with Crippen molar-refractivity contribution < 1.29 is 0 Å². The molecular weight excluding hydrogens is 156 g/mol. The van der Waals surface area contributed by atoms with Crippen LogP contribution in [0.5, 0.6) is 0 Å². The third-order valence-electron chi connectivity index (χ3n) is 1.67. The molecule has 0 fully saturated rings. The number of nitrogens with zero attached hydrogens (tertiary/aromatic N) is 1. The van der Waals surface area contributed by atoms with Gasteiger partial charge in [0.15, 0.2) is 0 Å². The second kappa shape index (κ2) is 3.99. The first kappa shape index (κ1) is 13.4. The fourth-order valence-electron chi connectivity index (χ4n) is 0.762. The van der Waals surface area contributed by atoms with Gasteiger partial charge in [0.25, 0.3) is 0 Å². The summed E-state index contributed by atoms with van der Waals surface area (Å²) in [5.41, 5.74) is 0. The van der Waals surface area contributed by atoms with Gasteiger partial charge >= 0.3 is 0 Å². The molecule has 0 aromatic rings. The van der Waals surface area contributed by atoms with E-state index in [9.17, 15) is 0 Å². The standard InChI is InChI=1S/C8H19NS.H3N/c1-5-6-7-10(2,3,4)8-9;/h10H,5-7H2,1-4H3;1H3. The lowest BCUT2D eigenvalue weighted by atomic mass is 10.4. The maximum absolute atomic E-state index is 8.89. The molecule has 0 radical (unpaired) electrons. The fraction of sp³-hybridized carbons (Fsp3) is 0.875. The first-order valence-electron chi connectivity index (χ1n) is 3.81. The summed E-state index contributed by atoms with van der Waals surface area (Å²) in [6.07, 6.45) is 8.83. The molecule has 0 aromatic heterocycles. The molecule has 0 saturated heterocycles. The average Bonchev–Trinajstić information content (AvgIpc) is 1.84. The van der Waals surface area contributed by atoms with Crippen LogP contribution in [0, 0.1) is 10.7 Å². The molecule has 2 nitrogen and oxygen atoms in total. The Morgan fingerprint density at radius 3 is 2.00 bits per heavy atom. The van der Waals surface area contributed by atoms with Crippen molar-refractivity contribution in [1.29, 1.82) is 5.26 Å². The Hall–Kier alpha value is -0.200. The number of hydrogen-bond donors (Lipinski definition) is 2. The number of hydrogen-bond acceptors (Lipinski definition) is 2. The topological polar surface area (TPSA) is 58.8 Å². The van der Waals surface area contributed by atoms with Gasteiger partial charge in [-0.15, -0.1) is 0 Å². The zero-order chi connectivity index (χ0) is 8.28. The highest BCUT2D eigenvalue weighted by atomic mass is 32.3. The smallest absolute Gasteiger partial charge is 0.0955 e.